The van der Waals surface area contributed by atoms with E-state index in [1.165, 1.54) is 6.42 Å². The number of rotatable bonds is 10. The molecule has 1 aromatic carbocycles. The van der Waals surface area contributed by atoms with E-state index >= 15 is 0 Å². The van der Waals surface area contributed by atoms with Gasteiger partial charge in [-0.2, -0.15) is 0 Å². The first-order valence-electron chi connectivity index (χ1n) is 14.0. The predicted molar refractivity (Wildman–Crippen MR) is 145 cm³/mol. The molecule has 7 nitrogen and oxygen atoms in total. The largest absolute Gasteiger partial charge is 0.481 e. The Morgan fingerprint density at radius 1 is 1.03 bits per heavy atom. The number of nitrogens with one attached hydrogen (secondary N) is 2. The Labute approximate surface area is 222 Å². The predicted octanol–water partition coefficient (Wildman–Crippen LogP) is 5.13. The van der Waals surface area contributed by atoms with E-state index in [1.807, 2.05) is 44.2 Å². The van der Waals surface area contributed by atoms with E-state index in [1.54, 1.807) is 0 Å². The highest BCUT2D eigenvalue weighted by molar-refractivity contribution is 6.47. The fraction of sp³-hybridized carbons (Fsp3) is 0.724. The lowest BCUT2D eigenvalue weighted by Crippen LogP contribution is -2.65. The van der Waals surface area contributed by atoms with Gasteiger partial charge in [0.2, 0.25) is 5.91 Å². The molecule has 1 aliphatic heterocycles. The monoisotopic (exact) mass is 512 g/mol. The van der Waals surface area contributed by atoms with Crippen LogP contribution in [0.3, 0.4) is 0 Å². The molecule has 1 saturated heterocycles. The van der Waals surface area contributed by atoms with Crippen molar-refractivity contribution in [1.82, 2.24) is 10.6 Å². The van der Waals surface area contributed by atoms with Crippen molar-refractivity contribution in [1.29, 1.82) is 0 Å². The molecular formula is C29H45BN2O5. The molecular weight excluding hydrogens is 467 g/mol. The minimum atomic E-state index is -0.705. The van der Waals surface area contributed by atoms with Gasteiger partial charge in [-0.3, -0.25) is 4.79 Å². The third kappa shape index (κ3) is 6.01. The molecule has 2 bridgehead atoms. The Hall–Kier alpha value is -2.06. The van der Waals surface area contributed by atoms with Gasteiger partial charge in [0.1, 0.15) is 12.6 Å². The lowest BCUT2D eigenvalue weighted by Gasteiger charge is -2.64. The van der Waals surface area contributed by atoms with Crippen LogP contribution in [0.2, 0.25) is 0 Å². The zero-order chi connectivity index (χ0) is 27.0. The molecule has 0 radical (unpaired) electrons. The maximum Gasteiger partial charge on any atom is 0.481 e. The van der Waals surface area contributed by atoms with Crippen LogP contribution in [0.5, 0.6) is 0 Å². The van der Waals surface area contributed by atoms with Gasteiger partial charge in [0.15, 0.2) is 0 Å². The molecule has 5 rings (SSSR count). The molecule has 1 heterocycles. The summed E-state index contributed by atoms with van der Waals surface area (Å²) in [5.74, 6) is 1.14. The molecule has 37 heavy (non-hydrogen) atoms. The number of carbonyl (C=O) groups excluding carboxylic acids is 2. The van der Waals surface area contributed by atoms with Gasteiger partial charge in [0, 0.05) is 0 Å². The first-order chi connectivity index (χ1) is 17.4. The third-order valence-corrected chi connectivity index (χ3v) is 8.88. The second-order valence-electron chi connectivity index (χ2n) is 13.0. The van der Waals surface area contributed by atoms with Gasteiger partial charge in [-0.1, -0.05) is 71.9 Å². The van der Waals surface area contributed by atoms with Gasteiger partial charge in [-0.25, -0.2) is 4.79 Å². The van der Waals surface area contributed by atoms with Crippen LogP contribution in [0.1, 0.15) is 79.7 Å². The van der Waals surface area contributed by atoms with Gasteiger partial charge < -0.3 is 24.7 Å². The minimum Gasteiger partial charge on any atom is -0.445 e. The second-order valence-corrected chi connectivity index (χ2v) is 13.0. The maximum absolute atomic E-state index is 13.5. The first-order valence-corrected chi connectivity index (χ1v) is 14.0. The Balaban J connectivity index is 1.41. The van der Waals surface area contributed by atoms with E-state index in [0.717, 1.165) is 18.4 Å². The fourth-order valence-corrected chi connectivity index (χ4v) is 6.71. The van der Waals surface area contributed by atoms with Crippen molar-refractivity contribution in [2.24, 2.45) is 29.1 Å². The highest BCUT2D eigenvalue weighted by Gasteiger charge is 2.68. The summed E-state index contributed by atoms with van der Waals surface area (Å²) in [6, 6.07) is 8.80. The van der Waals surface area contributed by atoms with Crippen molar-refractivity contribution < 1.29 is 23.6 Å². The molecule has 8 heteroatoms. The summed E-state index contributed by atoms with van der Waals surface area (Å²) in [7, 11) is -0.499. The minimum absolute atomic E-state index is 0.0541. The van der Waals surface area contributed by atoms with Gasteiger partial charge in [-0.15, -0.1) is 0 Å². The fourth-order valence-electron chi connectivity index (χ4n) is 6.71. The SMILES string of the molecule is CC(C)C[C@H](NC(=O)[C@H](CC(C)C)NC(=O)OCc1ccccc1)B1O[C@@H]2C[C@@H]3C[C@@H](C3(C)C)[C@]2(C)O1. The van der Waals surface area contributed by atoms with Crippen molar-refractivity contribution >= 4 is 19.1 Å². The van der Waals surface area contributed by atoms with Gasteiger partial charge in [-0.05, 0) is 67.3 Å². The summed E-state index contributed by atoms with van der Waals surface area (Å²) in [4.78, 5) is 26.1. The number of alkyl carbamates (subject to hydrolysis) is 1. The van der Waals surface area contributed by atoms with E-state index in [-0.39, 0.29) is 41.5 Å². The van der Waals surface area contributed by atoms with Gasteiger partial charge in [0.05, 0.1) is 17.6 Å². The van der Waals surface area contributed by atoms with Crippen LogP contribution in [0.15, 0.2) is 30.3 Å². The molecule has 6 atom stereocenters. The topological polar surface area (TPSA) is 85.9 Å². The zero-order valence-corrected chi connectivity index (χ0v) is 23.6. The van der Waals surface area contributed by atoms with E-state index in [2.05, 4.69) is 45.3 Å². The summed E-state index contributed by atoms with van der Waals surface area (Å²) in [6.07, 6.45) is 2.87. The first kappa shape index (κ1) is 28.0. The van der Waals surface area contributed by atoms with E-state index < -0.39 is 19.3 Å². The van der Waals surface area contributed by atoms with Crippen LogP contribution in [-0.4, -0.2) is 42.8 Å². The molecule has 204 valence electrons. The van der Waals surface area contributed by atoms with E-state index in [0.29, 0.717) is 24.2 Å². The highest BCUT2D eigenvalue weighted by Crippen LogP contribution is 2.65. The molecule has 2 N–H and O–H groups in total. The normalized spacial score (nSPS) is 29.3. The Morgan fingerprint density at radius 3 is 2.32 bits per heavy atom. The molecule has 4 fully saturated rings. The Bertz CT molecular complexity index is 955. The molecule has 4 aliphatic rings. The standard InChI is InChI=1S/C29H45BN2O5/c1-18(2)13-22(31-27(34)35-17-20-11-9-8-10-12-20)26(33)32-25(14-19(3)4)30-36-24-16-21-15-23(28(21,5)6)29(24,7)37-30/h8-12,18-19,21-25H,13-17H2,1-7H3,(H,31,34)(H,32,33)/t21-,22-,23-,24+,25-,29-/m0/s1. The maximum atomic E-state index is 13.5. The summed E-state index contributed by atoms with van der Waals surface area (Å²) in [5, 5.41) is 5.99. The summed E-state index contributed by atoms with van der Waals surface area (Å²) < 4.78 is 18.6. The number of hydrogen-bond donors (Lipinski definition) is 2. The number of ether oxygens (including phenoxy) is 1. The third-order valence-electron chi connectivity index (χ3n) is 8.88. The smallest absolute Gasteiger partial charge is 0.445 e. The number of hydrogen-bond acceptors (Lipinski definition) is 5. The van der Waals surface area contributed by atoms with Crippen molar-refractivity contribution in [3.05, 3.63) is 35.9 Å². The van der Waals surface area contributed by atoms with Crippen LogP contribution in [0.25, 0.3) is 0 Å². The lowest BCUT2D eigenvalue weighted by molar-refractivity contribution is -0.199. The van der Waals surface area contributed by atoms with Crippen molar-refractivity contribution in [2.45, 2.75) is 104 Å². The highest BCUT2D eigenvalue weighted by atomic mass is 16.7. The van der Waals surface area contributed by atoms with Gasteiger partial charge >= 0.3 is 13.2 Å². The summed E-state index contributed by atoms with van der Waals surface area (Å²) >= 11 is 0. The quantitative estimate of drug-likeness (QED) is 0.425. The summed E-state index contributed by atoms with van der Waals surface area (Å²) in [6.45, 7) is 15.4. The molecule has 3 saturated carbocycles. The molecule has 1 aromatic rings. The second kappa shape index (κ2) is 11.0. The number of carbonyl (C=O) groups is 2. The molecule has 0 spiro atoms. The number of amides is 2. The van der Waals surface area contributed by atoms with Crippen LogP contribution < -0.4 is 10.6 Å². The average molecular weight is 513 g/mol. The molecule has 2 amide bonds. The van der Waals surface area contributed by atoms with Crippen LogP contribution in [0.4, 0.5) is 4.79 Å². The molecule has 0 aromatic heterocycles. The van der Waals surface area contributed by atoms with Crippen LogP contribution in [0, 0.1) is 29.1 Å². The average Bonchev–Trinajstić information content (AvgIpc) is 3.19. The van der Waals surface area contributed by atoms with Crippen molar-refractivity contribution in [3.63, 3.8) is 0 Å². The Morgan fingerprint density at radius 2 is 1.70 bits per heavy atom. The number of benzene rings is 1. The van der Waals surface area contributed by atoms with E-state index in [9.17, 15) is 9.59 Å². The molecule has 0 unspecified atom stereocenters. The van der Waals surface area contributed by atoms with E-state index in [4.69, 9.17) is 14.0 Å². The van der Waals surface area contributed by atoms with Crippen molar-refractivity contribution in [3.8, 4) is 0 Å². The van der Waals surface area contributed by atoms with Crippen LogP contribution in [-0.2, 0) is 25.4 Å². The summed E-state index contributed by atoms with van der Waals surface area (Å²) in [5.41, 5.74) is 0.818. The zero-order valence-electron chi connectivity index (χ0n) is 23.6. The lowest BCUT2D eigenvalue weighted by atomic mass is 9.43. The van der Waals surface area contributed by atoms with Crippen molar-refractivity contribution in [2.75, 3.05) is 0 Å². The van der Waals surface area contributed by atoms with Crippen LogP contribution >= 0.6 is 0 Å². The van der Waals surface area contributed by atoms with Gasteiger partial charge in [0.25, 0.3) is 0 Å². The molecule has 3 aliphatic carbocycles. The Kier molecular flexibility index (Phi) is 8.29.